The number of allylic oxidation sites excluding steroid dienone is 1. The average Bonchev–Trinajstić information content (AvgIpc) is 3.75. The highest BCUT2D eigenvalue weighted by atomic mass is 35.5. The van der Waals surface area contributed by atoms with Gasteiger partial charge in [0.15, 0.2) is 0 Å². The van der Waals surface area contributed by atoms with Crippen molar-refractivity contribution in [3.05, 3.63) is 117 Å². The van der Waals surface area contributed by atoms with E-state index in [1.54, 1.807) is 24.4 Å². The summed E-state index contributed by atoms with van der Waals surface area (Å²) < 4.78 is 35.8. The van der Waals surface area contributed by atoms with Gasteiger partial charge in [0.2, 0.25) is 0 Å². The number of halogens is 1. The van der Waals surface area contributed by atoms with E-state index in [2.05, 4.69) is 55.8 Å². The maximum Gasteiger partial charge on any atom is 0.306 e. The summed E-state index contributed by atoms with van der Waals surface area (Å²) >= 11 is 6.24. The Bertz CT molecular complexity index is 2700. The van der Waals surface area contributed by atoms with Gasteiger partial charge in [-0.2, -0.15) is 0 Å². The second-order valence-electron chi connectivity index (χ2n) is 17.9. The number of aromatic amines is 1. The van der Waals surface area contributed by atoms with E-state index in [9.17, 15) is 33.2 Å². The van der Waals surface area contributed by atoms with E-state index in [1.807, 2.05) is 18.2 Å². The fraction of sp³-hybridized carbons (Fsp3) is 0.383. The van der Waals surface area contributed by atoms with Crippen molar-refractivity contribution < 1.29 is 32.8 Å². The molecule has 2 aromatic heterocycles. The number of hydrogen-bond donors (Lipinski definition) is 4. The Labute approximate surface area is 377 Å². The highest BCUT2D eigenvalue weighted by Gasteiger charge is 2.31. The number of nitro groups is 1. The number of benzene rings is 3. The molecule has 0 bridgehead atoms. The van der Waals surface area contributed by atoms with Gasteiger partial charge in [-0.05, 0) is 116 Å². The number of ether oxygens (including phenoxy) is 1. The van der Waals surface area contributed by atoms with Crippen molar-refractivity contribution in [3.8, 4) is 11.5 Å². The molecule has 17 heteroatoms. The van der Waals surface area contributed by atoms with Gasteiger partial charge in [-0.3, -0.25) is 24.6 Å². The van der Waals surface area contributed by atoms with Crippen LogP contribution in [-0.4, -0.2) is 84.5 Å². The van der Waals surface area contributed by atoms with Crippen molar-refractivity contribution in [1.29, 1.82) is 0 Å². The van der Waals surface area contributed by atoms with Crippen LogP contribution in [0.1, 0.15) is 74.7 Å². The average molecular weight is 910 g/mol. The molecule has 1 saturated carbocycles. The molecule has 0 unspecified atom stereocenters. The van der Waals surface area contributed by atoms with Crippen molar-refractivity contribution in [2.75, 3.05) is 49.5 Å². The third kappa shape index (κ3) is 10.4. The van der Waals surface area contributed by atoms with Gasteiger partial charge < -0.3 is 25.0 Å². The van der Waals surface area contributed by atoms with Crippen LogP contribution < -0.4 is 19.7 Å². The number of carbonyl (C=O) groups is 2. The summed E-state index contributed by atoms with van der Waals surface area (Å²) in [5, 5.41) is 26.0. The zero-order valence-electron chi connectivity index (χ0n) is 35.8. The van der Waals surface area contributed by atoms with E-state index in [-0.39, 0.29) is 28.3 Å². The number of sulfonamides is 1. The molecule has 3 aliphatic rings. The molecule has 0 atom stereocenters. The van der Waals surface area contributed by atoms with Crippen molar-refractivity contribution >= 4 is 67.2 Å². The van der Waals surface area contributed by atoms with Gasteiger partial charge >= 0.3 is 5.97 Å². The topological polar surface area (TPSA) is 200 Å². The monoisotopic (exact) mass is 909 g/mol. The van der Waals surface area contributed by atoms with Crippen LogP contribution in [0.3, 0.4) is 0 Å². The molecule has 3 aromatic carbocycles. The number of hydrogen-bond acceptors (Lipinski definition) is 11. The van der Waals surface area contributed by atoms with E-state index in [4.69, 9.17) is 16.3 Å². The van der Waals surface area contributed by atoms with Gasteiger partial charge in [0.1, 0.15) is 22.8 Å². The Kier molecular flexibility index (Phi) is 13.0. The van der Waals surface area contributed by atoms with E-state index in [0.29, 0.717) is 56.7 Å². The second kappa shape index (κ2) is 18.6. The highest BCUT2D eigenvalue weighted by molar-refractivity contribution is 7.90. The molecule has 4 N–H and O–H groups in total. The number of pyridine rings is 1. The molecular weight excluding hydrogens is 858 g/mol. The number of carboxylic acids is 1. The number of aromatic nitrogens is 2. The zero-order chi connectivity index (χ0) is 45.2. The van der Waals surface area contributed by atoms with Gasteiger partial charge in [0, 0.05) is 73.7 Å². The molecule has 1 amide bonds. The molecule has 2 fully saturated rings. The first kappa shape index (κ1) is 44.6. The summed E-state index contributed by atoms with van der Waals surface area (Å²) in [6, 6.07) is 20.2. The summed E-state index contributed by atoms with van der Waals surface area (Å²) in [6.45, 7) is 8.91. The van der Waals surface area contributed by atoms with E-state index >= 15 is 0 Å². The van der Waals surface area contributed by atoms with E-state index < -0.39 is 43.3 Å². The number of fused-ring (bicyclic) bond motifs is 1. The fourth-order valence-electron chi connectivity index (χ4n) is 9.06. The van der Waals surface area contributed by atoms with Crippen LogP contribution in [0.2, 0.25) is 5.02 Å². The van der Waals surface area contributed by atoms with Crippen molar-refractivity contribution in [1.82, 2.24) is 19.6 Å². The number of carboxylic acid groups (broad SMARTS) is 1. The van der Waals surface area contributed by atoms with Gasteiger partial charge in [-0.25, -0.2) is 18.1 Å². The van der Waals surface area contributed by atoms with Gasteiger partial charge in [0.25, 0.3) is 21.6 Å². The predicted molar refractivity (Wildman–Crippen MR) is 247 cm³/mol. The van der Waals surface area contributed by atoms with Crippen LogP contribution in [0.15, 0.2) is 95.7 Å². The number of aliphatic carboxylic acids is 1. The van der Waals surface area contributed by atoms with Crippen molar-refractivity contribution in [2.45, 2.75) is 63.7 Å². The minimum Gasteiger partial charge on any atom is -0.481 e. The quantitative estimate of drug-likeness (QED) is 0.0609. The normalized spacial score (nSPS) is 19.3. The number of H-pyrrole nitrogens is 1. The van der Waals surface area contributed by atoms with Crippen molar-refractivity contribution in [2.24, 2.45) is 17.3 Å². The molecule has 0 spiro atoms. The first-order chi connectivity index (χ1) is 30.6. The molecule has 3 heterocycles. The van der Waals surface area contributed by atoms with Gasteiger partial charge in [-0.15, -0.1) is 0 Å². The third-order valence-corrected chi connectivity index (χ3v) is 14.4. The number of nitrogens with zero attached hydrogens (tertiary/aromatic N) is 4. The van der Waals surface area contributed by atoms with E-state index in [1.165, 1.54) is 41.1 Å². The summed E-state index contributed by atoms with van der Waals surface area (Å²) in [5.74, 6) is -1.64. The van der Waals surface area contributed by atoms with Crippen LogP contribution >= 0.6 is 11.6 Å². The molecule has 1 aliphatic heterocycles. The predicted octanol–water partition coefficient (Wildman–Crippen LogP) is 9.12. The second-order valence-corrected chi connectivity index (χ2v) is 20.0. The number of piperazine rings is 1. The molecule has 0 radical (unpaired) electrons. The van der Waals surface area contributed by atoms with Crippen LogP contribution in [0.5, 0.6) is 11.5 Å². The number of anilines is 2. The molecule has 15 nitrogen and oxygen atoms in total. The van der Waals surface area contributed by atoms with Gasteiger partial charge in [-0.1, -0.05) is 43.2 Å². The Balaban J connectivity index is 0.987. The number of amides is 1. The van der Waals surface area contributed by atoms with Crippen LogP contribution in [-0.2, 0) is 14.8 Å². The lowest BCUT2D eigenvalue weighted by molar-refractivity contribution is -0.384. The molecule has 336 valence electrons. The Morgan fingerprint density at radius 1 is 1.00 bits per heavy atom. The molecular formula is C47H52ClN7O8S. The Morgan fingerprint density at radius 2 is 1.75 bits per heavy atom. The number of carbonyl (C=O) groups excluding carboxylic acids is 1. The van der Waals surface area contributed by atoms with Crippen LogP contribution in [0.25, 0.3) is 16.6 Å². The standard InChI is InChI=1S/C47H52ClN7O8S/c1-47(2)17-15-34(40(26-47)31-7-9-35(48)10-8-31)29-53-19-21-54(22-20-53)36-11-13-39(43(24-36)63-37-23-33-16-18-49-44(33)51-28-37)45(56)52-64(61,62)38-12-14-41(42(25-38)55(59)60)50-27-30-3-5-32(6-4-30)46(57)58/h7-14,16,18,23-25,28,30,32,50H,3-6,15,17,19-22,26-27,29H2,1-2H3,(H,49,51)(H,52,56)(H,57,58)/t30-,32-. The maximum atomic E-state index is 13.9. The third-order valence-electron chi connectivity index (χ3n) is 12.8. The highest BCUT2D eigenvalue weighted by Crippen LogP contribution is 2.43. The Hall–Kier alpha value is -5.97. The first-order valence-electron chi connectivity index (χ1n) is 21.6. The summed E-state index contributed by atoms with van der Waals surface area (Å²) in [7, 11) is -4.61. The SMILES string of the molecule is CC1(C)CCC(CN2CCN(c3ccc(C(=O)NS(=O)(=O)c4ccc(NC[C@H]5CC[C@H](C(=O)O)CC5)c([N+](=O)[O-])c4)c(Oc4cnc5[nH]ccc5c4)c3)CC2)=C(c2ccc(Cl)cc2)C1. The van der Waals surface area contributed by atoms with Crippen molar-refractivity contribution in [3.63, 3.8) is 0 Å². The number of nitrogens with one attached hydrogen (secondary N) is 3. The van der Waals surface area contributed by atoms with E-state index in [0.717, 1.165) is 61.1 Å². The lowest BCUT2D eigenvalue weighted by Gasteiger charge is -2.39. The van der Waals surface area contributed by atoms with Crippen LogP contribution in [0.4, 0.5) is 17.1 Å². The molecule has 2 aliphatic carbocycles. The fourth-order valence-corrected chi connectivity index (χ4v) is 10.2. The van der Waals surface area contributed by atoms with Gasteiger partial charge in [0.05, 0.1) is 27.5 Å². The van der Waals surface area contributed by atoms with Crippen LogP contribution in [0, 0.1) is 27.4 Å². The lowest BCUT2D eigenvalue weighted by atomic mass is 9.72. The number of nitro benzene ring substituents is 1. The molecule has 1 saturated heterocycles. The molecule has 64 heavy (non-hydrogen) atoms. The summed E-state index contributed by atoms with van der Waals surface area (Å²) in [4.78, 5) is 48.4. The number of rotatable bonds is 14. The smallest absolute Gasteiger partial charge is 0.306 e. The Morgan fingerprint density at radius 3 is 2.47 bits per heavy atom. The summed E-state index contributed by atoms with van der Waals surface area (Å²) in [6.07, 6.45) is 8.78. The molecule has 8 rings (SSSR count). The lowest BCUT2D eigenvalue weighted by Crippen LogP contribution is -2.47. The largest absolute Gasteiger partial charge is 0.481 e. The zero-order valence-corrected chi connectivity index (χ0v) is 37.4. The first-order valence-corrected chi connectivity index (χ1v) is 23.5. The maximum absolute atomic E-state index is 13.9. The minimum atomic E-state index is -4.61. The summed E-state index contributed by atoms with van der Waals surface area (Å²) in [5.41, 5.74) is 5.31. The molecule has 5 aromatic rings. The minimum absolute atomic E-state index is 0.0626.